The molecule has 158 valence electrons. The summed E-state index contributed by atoms with van der Waals surface area (Å²) < 4.78 is 5.67. The van der Waals surface area contributed by atoms with Gasteiger partial charge >= 0.3 is 0 Å². The van der Waals surface area contributed by atoms with Gasteiger partial charge in [0.1, 0.15) is 15.6 Å². The van der Waals surface area contributed by atoms with E-state index in [0.29, 0.717) is 21.9 Å². The number of ether oxygens (including phenoxy) is 1. The molecule has 6 heteroatoms. The average Bonchev–Trinajstić information content (AvgIpc) is 3.07. The Kier molecular flexibility index (Phi) is 6.90. The summed E-state index contributed by atoms with van der Waals surface area (Å²) in [5, 5.41) is 14.2. The highest BCUT2D eigenvalue weighted by molar-refractivity contribution is 7.17. The number of carbonyl (C=O) groups excluding carboxylic acids is 1. The fraction of sp³-hybridized carbons (Fsp3) is 0.333. The maximum absolute atomic E-state index is 12.7. The molecule has 30 heavy (non-hydrogen) atoms. The van der Waals surface area contributed by atoms with Crippen LogP contribution in [0.5, 0.6) is 5.75 Å². The van der Waals surface area contributed by atoms with Gasteiger partial charge in [-0.25, -0.2) is 4.98 Å². The van der Waals surface area contributed by atoms with Crippen molar-refractivity contribution in [2.45, 2.75) is 46.8 Å². The number of aliphatic hydroxyl groups excluding tert-OH is 1. The lowest BCUT2D eigenvalue weighted by Crippen LogP contribution is -2.28. The highest BCUT2D eigenvalue weighted by atomic mass is 32.1. The molecule has 0 saturated heterocycles. The lowest BCUT2D eigenvalue weighted by molar-refractivity contribution is 0.0919. The Morgan fingerprint density at radius 1 is 1.17 bits per heavy atom. The summed E-state index contributed by atoms with van der Waals surface area (Å²) >= 11 is 1.37. The summed E-state index contributed by atoms with van der Waals surface area (Å²) in [6.45, 7) is 9.95. The number of aryl methyl sites for hydroxylation is 3. The highest BCUT2D eigenvalue weighted by Gasteiger charge is 2.18. The molecule has 0 spiro atoms. The van der Waals surface area contributed by atoms with Crippen molar-refractivity contribution in [1.29, 1.82) is 0 Å². The van der Waals surface area contributed by atoms with E-state index in [1.54, 1.807) is 6.07 Å². The lowest BCUT2D eigenvalue weighted by atomic mass is 10.1. The minimum absolute atomic E-state index is 0.0535. The summed E-state index contributed by atoms with van der Waals surface area (Å²) in [5.41, 5.74) is 4.75. The van der Waals surface area contributed by atoms with Crippen molar-refractivity contribution in [2.75, 3.05) is 6.54 Å². The van der Waals surface area contributed by atoms with Crippen LogP contribution in [0.3, 0.4) is 0 Å². The Morgan fingerprint density at radius 3 is 2.63 bits per heavy atom. The lowest BCUT2D eigenvalue weighted by Gasteiger charge is -2.15. The number of rotatable bonds is 7. The number of amides is 1. The molecular weight excluding hydrogens is 396 g/mol. The molecule has 0 fully saturated rings. The number of thiazole rings is 1. The minimum atomic E-state index is -0.822. The van der Waals surface area contributed by atoms with E-state index in [4.69, 9.17) is 4.74 Å². The second-order valence-corrected chi connectivity index (χ2v) is 8.72. The molecule has 1 atom stereocenters. The van der Waals surface area contributed by atoms with E-state index in [1.165, 1.54) is 16.9 Å². The molecule has 0 radical (unpaired) electrons. The van der Waals surface area contributed by atoms with Gasteiger partial charge in [0.15, 0.2) is 0 Å². The third-order valence-electron chi connectivity index (χ3n) is 4.69. The van der Waals surface area contributed by atoms with Gasteiger partial charge < -0.3 is 15.2 Å². The van der Waals surface area contributed by atoms with Crippen molar-refractivity contribution in [1.82, 2.24) is 10.3 Å². The van der Waals surface area contributed by atoms with Crippen LogP contribution in [0.15, 0.2) is 42.5 Å². The molecular formula is C24H28N2O3S. The van der Waals surface area contributed by atoms with Crippen LogP contribution < -0.4 is 10.1 Å². The zero-order valence-corrected chi connectivity index (χ0v) is 18.8. The number of carbonyl (C=O) groups is 1. The standard InChI is InChI=1S/C24H28N2O3S/c1-14(2)29-19-8-6-7-18(12-19)21(27)13-25-23(28)22-17(5)26-24(30-22)20-10-9-15(3)11-16(20)4/h6-12,14,21,27H,13H2,1-5H3,(H,25,28). The number of hydrogen-bond donors (Lipinski definition) is 2. The van der Waals surface area contributed by atoms with Crippen molar-refractivity contribution in [2.24, 2.45) is 0 Å². The van der Waals surface area contributed by atoms with E-state index in [1.807, 2.05) is 58.0 Å². The van der Waals surface area contributed by atoms with Crippen molar-refractivity contribution < 1.29 is 14.6 Å². The summed E-state index contributed by atoms with van der Waals surface area (Å²) in [6, 6.07) is 13.5. The van der Waals surface area contributed by atoms with Gasteiger partial charge in [0.2, 0.25) is 0 Å². The van der Waals surface area contributed by atoms with E-state index in [9.17, 15) is 9.90 Å². The first-order valence-corrected chi connectivity index (χ1v) is 10.8. The number of nitrogens with one attached hydrogen (secondary N) is 1. The molecule has 2 aromatic carbocycles. The molecule has 1 amide bonds. The topological polar surface area (TPSA) is 71.5 Å². The van der Waals surface area contributed by atoms with E-state index < -0.39 is 6.10 Å². The van der Waals surface area contributed by atoms with E-state index in [-0.39, 0.29) is 18.6 Å². The van der Waals surface area contributed by atoms with Gasteiger partial charge in [-0.15, -0.1) is 11.3 Å². The predicted octanol–water partition coefficient (Wildman–Crippen LogP) is 4.99. The Hall–Kier alpha value is -2.70. The van der Waals surface area contributed by atoms with Crippen LogP contribution in [0.4, 0.5) is 0 Å². The second-order valence-electron chi connectivity index (χ2n) is 7.72. The summed E-state index contributed by atoms with van der Waals surface area (Å²) in [6.07, 6.45) is -0.769. The van der Waals surface area contributed by atoms with E-state index in [0.717, 1.165) is 16.1 Å². The molecule has 0 saturated carbocycles. The largest absolute Gasteiger partial charge is 0.491 e. The first kappa shape index (κ1) is 22.0. The van der Waals surface area contributed by atoms with Gasteiger partial charge in [0.25, 0.3) is 5.91 Å². The Bertz CT molecular complexity index is 1040. The van der Waals surface area contributed by atoms with Gasteiger partial charge in [-0.1, -0.05) is 35.9 Å². The van der Waals surface area contributed by atoms with Gasteiger partial charge in [-0.2, -0.15) is 0 Å². The summed E-state index contributed by atoms with van der Waals surface area (Å²) in [4.78, 5) is 17.9. The number of hydrogen-bond acceptors (Lipinski definition) is 5. The smallest absolute Gasteiger partial charge is 0.263 e. The molecule has 0 bridgehead atoms. The number of benzene rings is 2. The van der Waals surface area contributed by atoms with Gasteiger partial charge in [0, 0.05) is 12.1 Å². The SMILES string of the molecule is Cc1ccc(-c2nc(C)c(C(=O)NCC(O)c3cccc(OC(C)C)c3)s2)c(C)c1. The zero-order chi connectivity index (χ0) is 21.8. The highest BCUT2D eigenvalue weighted by Crippen LogP contribution is 2.30. The van der Waals surface area contributed by atoms with Crippen LogP contribution in [0.25, 0.3) is 10.6 Å². The number of aliphatic hydroxyl groups is 1. The minimum Gasteiger partial charge on any atom is -0.491 e. The molecule has 3 aromatic rings. The Balaban J connectivity index is 1.69. The molecule has 0 aliphatic carbocycles. The van der Waals surface area contributed by atoms with Crippen LogP contribution in [-0.4, -0.2) is 28.6 Å². The molecule has 1 unspecified atom stereocenters. The first-order chi connectivity index (χ1) is 14.2. The van der Waals surface area contributed by atoms with Crippen molar-refractivity contribution in [3.8, 4) is 16.3 Å². The van der Waals surface area contributed by atoms with Crippen LogP contribution in [0, 0.1) is 20.8 Å². The molecule has 2 N–H and O–H groups in total. The molecule has 3 rings (SSSR count). The zero-order valence-electron chi connectivity index (χ0n) is 18.0. The Labute approximate surface area is 181 Å². The maximum Gasteiger partial charge on any atom is 0.263 e. The summed E-state index contributed by atoms with van der Waals surface area (Å²) in [7, 11) is 0. The fourth-order valence-corrected chi connectivity index (χ4v) is 4.30. The van der Waals surface area contributed by atoms with E-state index in [2.05, 4.69) is 23.3 Å². The second kappa shape index (κ2) is 9.41. The van der Waals surface area contributed by atoms with Crippen molar-refractivity contribution in [3.05, 3.63) is 69.7 Å². The maximum atomic E-state index is 12.7. The van der Waals surface area contributed by atoms with Crippen LogP contribution in [0.2, 0.25) is 0 Å². The summed E-state index contributed by atoms with van der Waals surface area (Å²) in [5.74, 6) is 0.471. The molecule has 1 heterocycles. The molecule has 0 aliphatic rings. The van der Waals surface area contributed by atoms with Crippen molar-refractivity contribution >= 4 is 17.2 Å². The quantitative estimate of drug-likeness (QED) is 0.561. The van der Waals surface area contributed by atoms with Gasteiger partial charge in [0.05, 0.1) is 17.9 Å². The third-order valence-corrected chi connectivity index (χ3v) is 5.88. The van der Waals surface area contributed by atoms with Gasteiger partial charge in [-0.3, -0.25) is 4.79 Å². The monoisotopic (exact) mass is 424 g/mol. The first-order valence-electron chi connectivity index (χ1n) is 10.0. The molecule has 1 aromatic heterocycles. The van der Waals surface area contributed by atoms with E-state index >= 15 is 0 Å². The number of nitrogens with zero attached hydrogens (tertiary/aromatic N) is 1. The third kappa shape index (κ3) is 5.26. The Morgan fingerprint density at radius 2 is 1.93 bits per heavy atom. The molecule has 0 aliphatic heterocycles. The van der Waals surface area contributed by atoms with Crippen LogP contribution in [-0.2, 0) is 0 Å². The number of aromatic nitrogens is 1. The van der Waals surface area contributed by atoms with Crippen LogP contribution >= 0.6 is 11.3 Å². The van der Waals surface area contributed by atoms with Gasteiger partial charge in [-0.05, 0) is 57.9 Å². The fourth-order valence-electron chi connectivity index (χ4n) is 3.23. The normalized spacial score (nSPS) is 12.1. The average molecular weight is 425 g/mol. The molecule has 5 nitrogen and oxygen atoms in total. The van der Waals surface area contributed by atoms with Crippen molar-refractivity contribution in [3.63, 3.8) is 0 Å². The van der Waals surface area contributed by atoms with Crippen LogP contribution in [0.1, 0.15) is 52.0 Å². The predicted molar refractivity (Wildman–Crippen MR) is 121 cm³/mol.